The molecule has 0 saturated heterocycles. The molecule has 2 aromatic carbocycles. The van der Waals surface area contributed by atoms with Crippen LogP contribution in [0, 0.1) is 0 Å². The topological polar surface area (TPSA) is 98.0 Å². The second kappa shape index (κ2) is 10.4. The number of benzene rings is 2. The fourth-order valence-electron chi connectivity index (χ4n) is 3.92. The van der Waals surface area contributed by atoms with Gasteiger partial charge in [0.25, 0.3) is 11.9 Å². The predicted molar refractivity (Wildman–Crippen MR) is 131 cm³/mol. The van der Waals surface area contributed by atoms with E-state index in [-0.39, 0.29) is 36.8 Å². The zero-order chi connectivity index (χ0) is 26.9. The van der Waals surface area contributed by atoms with Crippen LogP contribution in [0.4, 0.5) is 24.7 Å². The number of hydrogen-bond donors (Lipinski definition) is 2. The minimum absolute atomic E-state index is 0.00636. The number of rotatable bonds is 8. The Morgan fingerprint density at radius 1 is 1.14 bits per heavy atom. The van der Waals surface area contributed by atoms with E-state index in [0.717, 1.165) is 22.3 Å². The van der Waals surface area contributed by atoms with Crippen molar-refractivity contribution in [1.82, 2.24) is 9.13 Å². The van der Waals surface area contributed by atoms with E-state index in [9.17, 15) is 27.9 Å². The number of aliphatic hydroxyl groups excluding tert-OH is 1. The molecule has 0 saturated carbocycles. The van der Waals surface area contributed by atoms with Crippen LogP contribution >= 0.6 is 11.6 Å². The standard InChI is InChI=1S/C24H24ClF3N4O5/c1-14(33)10-11-31-21(34)19-20(30(2)23(31)35)29-22(32(19)13-15-6-8-16(25)9-7-15)36-17-4-3-5-18(12-17)37-24(26,27)28/h3-9,12,14,22,29,33H,10-11,13H2,1-2H3. The number of alkyl halides is 3. The van der Waals surface area contributed by atoms with Gasteiger partial charge < -0.3 is 24.8 Å². The first-order valence-corrected chi connectivity index (χ1v) is 11.6. The number of halogens is 4. The highest BCUT2D eigenvalue weighted by molar-refractivity contribution is 6.30. The van der Waals surface area contributed by atoms with E-state index >= 15 is 0 Å². The van der Waals surface area contributed by atoms with Crippen LogP contribution in [0.15, 0.2) is 58.1 Å². The molecule has 0 radical (unpaired) electrons. The van der Waals surface area contributed by atoms with Crippen molar-refractivity contribution in [3.63, 3.8) is 0 Å². The van der Waals surface area contributed by atoms with Gasteiger partial charge in [0.05, 0.1) is 6.10 Å². The molecule has 2 unspecified atom stereocenters. The molecule has 4 rings (SSSR count). The summed E-state index contributed by atoms with van der Waals surface area (Å²) in [6.45, 7) is 1.69. The fraction of sp³-hybridized carbons (Fsp3) is 0.333. The van der Waals surface area contributed by atoms with Gasteiger partial charge in [-0.25, -0.2) is 4.79 Å². The zero-order valence-corrected chi connectivity index (χ0v) is 20.6. The third-order valence-corrected chi connectivity index (χ3v) is 5.93. The van der Waals surface area contributed by atoms with Crippen molar-refractivity contribution in [1.29, 1.82) is 0 Å². The maximum absolute atomic E-state index is 13.5. The molecule has 0 bridgehead atoms. The van der Waals surface area contributed by atoms with Gasteiger partial charge in [0.15, 0.2) is 0 Å². The van der Waals surface area contributed by atoms with Crippen molar-refractivity contribution < 1.29 is 27.8 Å². The molecule has 2 heterocycles. The second-order valence-electron chi connectivity index (χ2n) is 8.52. The molecule has 0 spiro atoms. The first-order valence-electron chi connectivity index (χ1n) is 11.2. The Balaban J connectivity index is 1.74. The lowest BCUT2D eigenvalue weighted by Crippen LogP contribution is -2.43. The van der Waals surface area contributed by atoms with Gasteiger partial charge >= 0.3 is 12.1 Å². The summed E-state index contributed by atoms with van der Waals surface area (Å²) in [5, 5.41) is 13.2. The predicted octanol–water partition coefficient (Wildman–Crippen LogP) is 3.66. The van der Waals surface area contributed by atoms with Crippen molar-refractivity contribution in [2.45, 2.75) is 45.3 Å². The molecule has 0 amide bonds. The molecular formula is C24H24ClF3N4O5. The number of nitrogens with one attached hydrogen (secondary N) is 1. The lowest BCUT2D eigenvalue weighted by molar-refractivity contribution is -0.274. The molecule has 2 atom stereocenters. The largest absolute Gasteiger partial charge is 0.573 e. The summed E-state index contributed by atoms with van der Waals surface area (Å²) in [4.78, 5) is 28.0. The van der Waals surface area contributed by atoms with Gasteiger partial charge in [0, 0.05) is 31.2 Å². The van der Waals surface area contributed by atoms with Crippen molar-refractivity contribution >= 4 is 23.1 Å². The Kier molecular flexibility index (Phi) is 7.42. The van der Waals surface area contributed by atoms with Crippen LogP contribution in [-0.2, 0) is 20.1 Å². The lowest BCUT2D eigenvalue weighted by atomic mass is 10.2. The summed E-state index contributed by atoms with van der Waals surface area (Å²) < 4.78 is 50.3. The van der Waals surface area contributed by atoms with Gasteiger partial charge in [-0.1, -0.05) is 29.8 Å². The summed E-state index contributed by atoms with van der Waals surface area (Å²) in [7, 11) is 1.48. The van der Waals surface area contributed by atoms with Crippen LogP contribution in [0.25, 0.3) is 0 Å². The normalized spacial score (nSPS) is 15.8. The maximum atomic E-state index is 13.5. The highest BCUT2D eigenvalue weighted by Crippen LogP contribution is 2.34. The maximum Gasteiger partial charge on any atom is 0.573 e. The highest BCUT2D eigenvalue weighted by Gasteiger charge is 2.37. The van der Waals surface area contributed by atoms with E-state index in [0.29, 0.717) is 5.02 Å². The van der Waals surface area contributed by atoms with E-state index in [1.165, 1.54) is 23.7 Å². The van der Waals surface area contributed by atoms with Crippen LogP contribution in [-0.4, -0.2) is 33.1 Å². The molecule has 198 valence electrons. The quantitative estimate of drug-likeness (QED) is 0.450. The Labute approximate surface area is 214 Å². The van der Waals surface area contributed by atoms with Gasteiger partial charge in [-0.05, 0) is 43.2 Å². The lowest BCUT2D eigenvalue weighted by Gasteiger charge is -2.27. The molecule has 0 fully saturated rings. The molecule has 1 aromatic heterocycles. The van der Waals surface area contributed by atoms with Crippen LogP contribution in [0.5, 0.6) is 11.5 Å². The van der Waals surface area contributed by atoms with E-state index in [4.69, 9.17) is 16.3 Å². The molecule has 13 heteroatoms. The van der Waals surface area contributed by atoms with Gasteiger partial charge in [-0.15, -0.1) is 13.2 Å². The third-order valence-electron chi connectivity index (χ3n) is 5.68. The van der Waals surface area contributed by atoms with E-state index < -0.39 is 35.8 Å². The van der Waals surface area contributed by atoms with Crippen LogP contribution in [0.3, 0.4) is 0 Å². The number of fused-ring (bicyclic) bond motifs is 1. The molecule has 2 N–H and O–H groups in total. The van der Waals surface area contributed by atoms with Crippen LogP contribution in [0.1, 0.15) is 18.9 Å². The molecule has 37 heavy (non-hydrogen) atoms. The first-order chi connectivity index (χ1) is 17.4. The van der Waals surface area contributed by atoms with Gasteiger partial charge in [-0.3, -0.25) is 13.9 Å². The summed E-state index contributed by atoms with van der Waals surface area (Å²) in [5.74, 6) is -0.254. The van der Waals surface area contributed by atoms with Gasteiger partial charge in [0.2, 0.25) is 0 Å². The van der Waals surface area contributed by atoms with Crippen LogP contribution < -0.4 is 30.9 Å². The van der Waals surface area contributed by atoms with E-state index in [2.05, 4.69) is 10.1 Å². The molecule has 0 aliphatic carbocycles. The number of hydrogen-bond acceptors (Lipinski definition) is 7. The zero-order valence-electron chi connectivity index (χ0n) is 19.8. The number of anilines is 2. The Hall–Kier alpha value is -3.64. The number of aliphatic hydroxyl groups is 1. The Morgan fingerprint density at radius 2 is 1.81 bits per heavy atom. The van der Waals surface area contributed by atoms with Gasteiger partial charge in [-0.2, -0.15) is 0 Å². The molecule has 9 nitrogen and oxygen atoms in total. The summed E-state index contributed by atoms with van der Waals surface area (Å²) in [5.41, 5.74) is -0.300. The smallest absolute Gasteiger partial charge is 0.452 e. The number of ether oxygens (including phenoxy) is 2. The molecular weight excluding hydrogens is 517 g/mol. The van der Waals surface area contributed by atoms with Crippen molar-refractivity contribution in [3.8, 4) is 11.5 Å². The summed E-state index contributed by atoms with van der Waals surface area (Å²) >= 11 is 6.00. The second-order valence-corrected chi connectivity index (χ2v) is 8.96. The van der Waals surface area contributed by atoms with Crippen LogP contribution in [0.2, 0.25) is 5.02 Å². The minimum Gasteiger partial charge on any atom is -0.452 e. The number of aromatic nitrogens is 2. The summed E-state index contributed by atoms with van der Waals surface area (Å²) in [6, 6.07) is 11.8. The van der Waals surface area contributed by atoms with E-state index in [1.807, 2.05) is 0 Å². The van der Waals surface area contributed by atoms with E-state index in [1.54, 1.807) is 36.1 Å². The van der Waals surface area contributed by atoms with Crippen molar-refractivity contribution in [2.75, 3.05) is 10.2 Å². The average Bonchev–Trinajstić information content (AvgIpc) is 3.16. The fourth-order valence-corrected chi connectivity index (χ4v) is 4.04. The summed E-state index contributed by atoms with van der Waals surface area (Å²) in [6.07, 6.45) is -6.48. The Morgan fingerprint density at radius 3 is 2.46 bits per heavy atom. The van der Waals surface area contributed by atoms with Crippen molar-refractivity contribution in [3.05, 3.63) is 80.0 Å². The highest BCUT2D eigenvalue weighted by atomic mass is 35.5. The molecule has 3 aromatic rings. The average molecular weight is 541 g/mol. The van der Waals surface area contributed by atoms with Gasteiger partial charge in [0.1, 0.15) is 23.0 Å². The Bertz CT molecular complexity index is 1390. The molecule has 1 aliphatic rings. The van der Waals surface area contributed by atoms with Crippen molar-refractivity contribution in [2.24, 2.45) is 7.05 Å². The molecule has 1 aliphatic heterocycles. The third kappa shape index (κ3) is 6.03. The monoisotopic (exact) mass is 540 g/mol. The SMILES string of the molecule is CC(O)CCn1c(=O)c2c(n(C)c1=O)NC(Oc1cccc(OC(F)(F)F)c1)N2Cc1ccc(Cl)cc1. The minimum atomic E-state index is -4.88. The first kappa shape index (κ1) is 26.4. The number of nitrogens with zero attached hydrogens (tertiary/aromatic N) is 3.